The largest absolute Gasteiger partial charge is 0.370 e. The van der Waals surface area contributed by atoms with Crippen molar-refractivity contribution in [1.82, 2.24) is 19.9 Å². The first-order valence-corrected chi connectivity index (χ1v) is 15.1. The minimum absolute atomic E-state index is 0.213. The summed E-state index contributed by atoms with van der Waals surface area (Å²) in [6.07, 6.45) is 15.3. The molecule has 0 radical (unpaired) electrons. The number of hydrogen-bond donors (Lipinski definition) is 2. The molecular weight excluding hydrogens is 550 g/mol. The highest BCUT2D eigenvalue weighted by atomic mass is 79.9. The van der Waals surface area contributed by atoms with E-state index in [0.717, 1.165) is 77.8 Å². The number of carbonyl (C=O) groups is 1. The summed E-state index contributed by atoms with van der Waals surface area (Å²) in [5, 5.41) is 11.8. The molecule has 2 heterocycles. The molecule has 2 N–H and O–H groups in total. The maximum atomic E-state index is 12.7. The first-order valence-electron chi connectivity index (χ1n) is 13.9. The molecule has 8 heteroatoms. The molecule has 1 aromatic carbocycles. The summed E-state index contributed by atoms with van der Waals surface area (Å²) in [5.74, 6) is 3.13. The molecule has 6 nitrogen and oxygen atoms in total. The van der Waals surface area contributed by atoms with Gasteiger partial charge in [-0.3, -0.25) is 4.79 Å². The Hall–Kier alpha value is -2.12. The summed E-state index contributed by atoms with van der Waals surface area (Å²) in [5.41, 5.74) is 2.43. The van der Waals surface area contributed by atoms with E-state index < -0.39 is 0 Å². The average Bonchev–Trinajstić information content (AvgIpc) is 3.32. The van der Waals surface area contributed by atoms with Gasteiger partial charge in [-0.25, -0.2) is 4.98 Å². The van der Waals surface area contributed by atoms with E-state index in [2.05, 4.69) is 31.7 Å². The molecular formula is C29H37BrClN5O. The van der Waals surface area contributed by atoms with E-state index in [0.29, 0.717) is 5.02 Å². The van der Waals surface area contributed by atoms with Crippen LogP contribution in [0.25, 0.3) is 16.9 Å². The van der Waals surface area contributed by atoms with Crippen molar-refractivity contribution >= 4 is 44.9 Å². The fourth-order valence-electron chi connectivity index (χ4n) is 6.15. The van der Waals surface area contributed by atoms with Gasteiger partial charge in [0.15, 0.2) is 5.65 Å². The minimum Gasteiger partial charge on any atom is -0.370 e. The van der Waals surface area contributed by atoms with Gasteiger partial charge in [0.1, 0.15) is 5.82 Å². The Balaban J connectivity index is 1.07. The average molecular weight is 587 g/mol. The zero-order chi connectivity index (χ0) is 25.6. The molecule has 2 aliphatic carbocycles. The van der Waals surface area contributed by atoms with Gasteiger partial charge >= 0.3 is 0 Å². The highest BCUT2D eigenvalue weighted by molar-refractivity contribution is 9.10. The standard InChI is InChI=1S/C29H37BrClN5O/c30-24-19-34-36-27(18-26(35-28(24)36)23-10-4-5-11-25(23)31)32-16-6-7-17-33-29(37)22-14-12-21(13-15-22)20-8-2-1-3-9-20/h4-5,10-11,18-22,32H,1-3,6-9,12-17H2,(H,33,37). The van der Waals surface area contributed by atoms with Crippen molar-refractivity contribution in [3.8, 4) is 11.3 Å². The number of hydrogen-bond acceptors (Lipinski definition) is 4. The Labute approximate surface area is 233 Å². The Bertz CT molecular complexity index is 1200. The summed E-state index contributed by atoms with van der Waals surface area (Å²) < 4.78 is 2.63. The summed E-state index contributed by atoms with van der Waals surface area (Å²) in [7, 11) is 0. The number of carbonyl (C=O) groups excluding carboxylic acids is 1. The molecule has 0 bridgehead atoms. The number of fused-ring (bicyclic) bond motifs is 1. The number of rotatable bonds is 9. The van der Waals surface area contributed by atoms with Crippen molar-refractivity contribution in [3.05, 3.63) is 46.0 Å². The van der Waals surface area contributed by atoms with Gasteiger partial charge < -0.3 is 10.6 Å². The minimum atomic E-state index is 0.213. The fraction of sp³-hybridized carbons (Fsp3) is 0.552. The zero-order valence-corrected chi connectivity index (χ0v) is 23.7. The molecule has 2 aromatic heterocycles. The maximum absolute atomic E-state index is 12.7. The van der Waals surface area contributed by atoms with Crippen LogP contribution in [-0.2, 0) is 4.79 Å². The van der Waals surface area contributed by atoms with Crippen LogP contribution in [0.4, 0.5) is 5.82 Å². The van der Waals surface area contributed by atoms with Gasteiger partial charge in [-0.05, 0) is 72.4 Å². The van der Waals surface area contributed by atoms with Gasteiger partial charge in [0.05, 0.1) is 16.4 Å². The van der Waals surface area contributed by atoms with Crippen LogP contribution in [0.2, 0.25) is 5.02 Å². The molecule has 2 saturated carbocycles. The molecule has 0 spiro atoms. The van der Waals surface area contributed by atoms with Crippen molar-refractivity contribution in [3.63, 3.8) is 0 Å². The van der Waals surface area contributed by atoms with Crippen LogP contribution in [0.15, 0.2) is 41.0 Å². The van der Waals surface area contributed by atoms with Crippen LogP contribution < -0.4 is 10.6 Å². The SMILES string of the molecule is O=C(NCCCCNc1cc(-c2ccccc2Cl)nc2c(Br)cnn12)C1CCC(C2CCCCC2)CC1. The number of unbranched alkanes of at least 4 members (excludes halogenated alkanes) is 1. The second-order valence-corrected chi connectivity index (χ2v) is 11.9. The van der Waals surface area contributed by atoms with Crippen LogP contribution in [0.1, 0.15) is 70.6 Å². The van der Waals surface area contributed by atoms with Gasteiger partial charge in [-0.2, -0.15) is 9.61 Å². The quantitative estimate of drug-likeness (QED) is 0.255. The Morgan fingerprint density at radius 1 is 1.00 bits per heavy atom. The van der Waals surface area contributed by atoms with Crippen LogP contribution in [0.3, 0.4) is 0 Å². The van der Waals surface area contributed by atoms with Crippen molar-refractivity contribution in [2.75, 3.05) is 18.4 Å². The highest BCUT2D eigenvalue weighted by Crippen LogP contribution is 2.40. The molecule has 1 amide bonds. The number of nitrogens with one attached hydrogen (secondary N) is 2. The second-order valence-electron chi connectivity index (χ2n) is 10.7. The lowest BCUT2D eigenvalue weighted by Crippen LogP contribution is -2.35. The topological polar surface area (TPSA) is 71.3 Å². The molecule has 0 atom stereocenters. The van der Waals surface area contributed by atoms with Gasteiger partial charge in [-0.1, -0.05) is 61.9 Å². The third-order valence-corrected chi connectivity index (χ3v) is 9.14. The Morgan fingerprint density at radius 3 is 2.51 bits per heavy atom. The molecule has 0 aliphatic heterocycles. The van der Waals surface area contributed by atoms with Crippen molar-refractivity contribution in [2.45, 2.75) is 70.6 Å². The summed E-state index contributed by atoms with van der Waals surface area (Å²) >= 11 is 9.98. The van der Waals surface area contributed by atoms with E-state index in [4.69, 9.17) is 16.6 Å². The lowest BCUT2D eigenvalue weighted by molar-refractivity contribution is -0.126. The number of anilines is 1. The predicted octanol–water partition coefficient (Wildman–Crippen LogP) is 7.51. The van der Waals surface area contributed by atoms with Crippen molar-refractivity contribution in [2.24, 2.45) is 17.8 Å². The number of halogens is 2. The van der Waals surface area contributed by atoms with Crippen molar-refractivity contribution in [1.29, 1.82) is 0 Å². The molecule has 2 aliphatic rings. The number of benzene rings is 1. The lowest BCUT2D eigenvalue weighted by atomic mass is 9.71. The predicted molar refractivity (Wildman–Crippen MR) is 154 cm³/mol. The maximum Gasteiger partial charge on any atom is 0.223 e. The fourth-order valence-corrected chi connectivity index (χ4v) is 6.73. The summed E-state index contributed by atoms with van der Waals surface area (Å²) in [6.45, 7) is 1.51. The zero-order valence-electron chi connectivity index (χ0n) is 21.4. The summed E-state index contributed by atoms with van der Waals surface area (Å²) in [6, 6.07) is 9.71. The molecule has 0 unspecified atom stereocenters. The Kier molecular flexibility index (Phi) is 9.03. The summed E-state index contributed by atoms with van der Waals surface area (Å²) in [4.78, 5) is 17.5. The number of aromatic nitrogens is 3. The normalized spacial score (nSPS) is 20.7. The smallest absolute Gasteiger partial charge is 0.223 e. The van der Waals surface area contributed by atoms with Gasteiger partial charge in [0.2, 0.25) is 5.91 Å². The van der Waals surface area contributed by atoms with E-state index in [9.17, 15) is 4.79 Å². The van der Waals surface area contributed by atoms with Gasteiger partial charge in [0.25, 0.3) is 0 Å². The van der Waals surface area contributed by atoms with E-state index in [-0.39, 0.29) is 11.8 Å². The van der Waals surface area contributed by atoms with E-state index in [1.807, 2.05) is 30.3 Å². The van der Waals surface area contributed by atoms with E-state index >= 15 is 0 Å². The molecule has 198 valence electrons. The van der Waals surface area contributed by atoms with Crippen LogP contribution >= 0.6 is 27.5 Å². The van der Waals surface area contributed by atoms with Crippen LogP contribution in [-0.4, -0.2) is 33.6 Å². The Morgan fingerprint density at radius 2 is 1.73 bits per heavy atom. The molecule has 3 aromatic rings. The van der Waals surface area contributed by atoms with Crippen molar-refractivity contribution < 1.29 is 4.79 Å². The molecule has 0 saturated heterocycles. The number of amides is 1. The lowest BCUT2D eigenvalue weighted by Gasteiger charge is -2.35. The first kappa shape index (κ1) is 26.5. The number of nitrogens with zero attached hydrogens (tertiary/aromatic N) is 3. The third-order valence-electron chi connectivity index (χ3n) is 8.25. The van der Waals surface area contributed by atoms with Gasteiger partial charge in [0, 0.05) is 35.7 Å². The molecule has 2 fully saturated rings. The third kappa shape index (κ3) is 6.48. The van der Waals surface area contributed by atoms with Crippen LogP contribution in [0, 0.1) is 17.8 Å². The molecule has 5 rings (SSSR count). The van der Waals surface area contributed by atoms with Crippen LogP contribution in [0.5, 0.6) is 0 Å². The first-order chi connectivity index (χ1) is 18.1. The van der Waals surface area contributed by atoms with E-state index in [1.165, 1.54) is 44.9 Å². The highest BCUT2D eigenvalue weighted by Gasteiger charge is 2.31. The molecule has 37 heavy (non-hydrogen) atoms. The van der Waals surface area contributed by atoms with Gasteiger partial charge in [-0.15, -0.1) is 0 Å². The second kappa shape index (κ2) is 12.6. The monoisotopic (exact) mass is 585 g/mol. The van der Waals surface area contributed by atoms with E-state index in [1.54, 1.807) is 10.7 Å².